The molecule has 1 fully saturated rings. The molecule has 1 amide bonds. The van der Waals surface area contributed by atoms with Crippen LogP contribution in [-0.2, 0) is 8.98 Å². The van der Waals surface area contributed by atoms with Gasteiger partial charge in [0.25, 0.3) is 0 Å². The molecule has 1 heterocycles. The first-order valence-corrected chi connectivity index (χ1v) is 5.97. The third-order valence-corrected chi connectivity index (χ3v) is 2.89. The van der Waals surface area contributed by atoms with E-state index in [0.717, 1.165) is 24.3 Å². The predicted octanol–water partition coefficient (Wildman–Crippen LogP) is 0.784. The number of hydrogen-bond donors (Lipinski definition) is 2. The van der Waals surface area contributed by atoms with Gasteiger partial charge >= 0.3 is 0 Å². The van der Waals surface area contributed by atoms with E-state index in [-0.39, 0.29) is 32.1 Å². The Labute approximate surface area is 113 Å². The van der Waals surface area contributed by atoms with Gasteiger partial charge < -0.3 is 10.4 Å². The second-order valence-corrected chi connectivity index (χ2v) is 4.62. The van der Waals surface area contributed by atoms with E-state index >= 15 is 0 Å². The van der Waals surface area contributed by atoms with Crippen LogP contribution < -0.4 is 5.32 Å². The van der Waals surface area contributed by atoms with Gasteiger partial charge in [-0.3, -0.25) is 8.98 Å². The first-order valence-electron chi connectivity index (χ1n) is 5.27. The van der Waals surface area contributed by atoms with Gasteiger partial charge in [0.2, 0.25) is 5.91 Å². The molecule has 0 spiro atoms. The summed E-state index contributed by atoms with van der Waals surface area (Å²) in [4.78, 5) is 11.6. The Kier molecular flexibility index (Phi) is 7.89. The number of hydrogen-bond acceptors (Lipinski definition) is 5. The van der Waals surface area contributed by atoms with E-state index in [1.807, 2.05) is 6.92 Å². The summed E-state index contributed by atoms with van der Waals surface area (Å²) in [5.74, 6) is -0.0417. The summed E-state index contributed by atoms with van der Waals surface area (Å²) in [6.45, 7) is 8.24. The van der Waals surface area contributed by atoms with Crippen molar-refractivity contribution in [3.8, 4) is 0 Å². The molecule has 17 heavy (non-hydrogen) atoms. The zero-order valence-corrected chi connectivity index (χ0v) is 11.9. The maximum atomic E-state index is 11.6. The SMILES string of the molecule is C=C(CC)NC(=O)C1CN1SOCC(C)O.S. The van der Waals surface area contributed by atoms with Crippen LogP contribution in [0.5, 0.6) is 0 Å². The number of aliphatic hydroxyl groups is 1. The largest absolute Gasteiger partial charge is 0.391 e. The van der Waals surface area contributed by atoms with Gasteiger partial charge in [0.05, 0.1) is 24.9 Å². The minimum absolute atomic E-state index is 0. The molecule has 3 atom stereocenters. The number of allylic oxidation sites excluding steroid dienone is 1. The molecule has 1 rings (SSSR count). The van der Waals surface area contributed by atoms with Crippen molar-refractivity contribution in [3.63, 3.8) is 0 Å². The fourth-order valence-electron chi connectivity index (χ4n) is 0.962. The van der Waals surface area contributed by atoms with Crippen molar-refractivity contribution in [3.05, 3.63) is 12.3 Å². The molecule has 0 bridgehead atoms. The Morgan fingerprint density at radius 2 is 2.41 bits per heavy atom. The summed E-state index contributed by atoms with van der Waals surface area (Å²) in [5, 5.41) is 11.7. The van der Waals surface area contributed by atoms with Gasteiger partial charge in [-0.1, -0.05) is 13.5 Å². The van der Waals surface area contributed by atoms with Crippen molar-refractivity contribution in [2.45, 2.75) is 32.4 Å². The molecule has 0 saturated carbocycles. The van der Waals surface area contributed by atoms with Crippen LogP contribution in [0.25, 0.3) is 0 Å². The average molecular weight is 280 g/mol. The van der Waals surface area contributed by atoms with Crippen molar-refractivity contribution in [1.82, 2.24) is 9.62 Å². The Balaban J connectivity index is 0.00000256. The number of rotatable bonds is 7. The molecular weight excluding hydrogens is 260 g/mol. The number of nitrogens with zero attached hydrogens (tertiary/aromatic N) is 1. The Hall–Kier alpha value is -0.210. The van der Waals surface area contributed by atoms with Crippen LogP contribution >= 0.6 is 25.7 Å². The third-order valence-electron chi connectivity index (χ3n) is 2.05. The molecule has 1 aliphatic rings. The van der Waals surface area contributed by atoms with Gasteiger partial charge in [0, 0.05) is 12.2 Å². The Bertz CT molecular complexity index is 274. The summed E-state index contributed by atoms with van der Waals surface area (Å²) >= 11 is 1.12. The van der Waals surface area contributed by atoms with Crippen molar-refractivity contribution in [1.29, 1.82) is 0 Å². The second-order valence-electron chi connectivity index (χ2n) is 3.77. The standard InChI is InChI=1S/C10H18N2O3S.H2S/c1-4-7(2)11-10(14)9-5-12(9)16-15-6-8(3)13;/h8-9,13H,2,4-6H2,1,3H3,(H,11,14);1H2. The van der Waals surface area contributed by atoms with E-state index in [0.29, 0.717) is 6.54 Å². The molecule has 2 N–H and O–H groups in total. The maximum absolute atomic E-state index is 11.6. The smallest absolute Gasteiger partial charge is 0.243 e. The lowest BCUT2D eigenvalue weighted by Gasteiger charge is -2.07. The number of aliphatic hydroxyl groups excluding tert-OH is 1. The first-order chi connectivity index (χ1) is 7.54. The van der Waals surface area contributed by atoms with Crippen LogP contribution in [0.4, 0.5) is 0 Å². The van der Waals surface area contributed by atoms with Crippen LogP contribution in [0, 0.1) is 0 Å². The highest BCUT2D eigenvalue weighted by molar-refractivity contribution is 7.92. The lowest BCUT2D eigenvalue weighted by molar-refractivity contribution is -0.120. The molecule has 0 radical (unpaired) electrons. The molecule has 1 saturated heterocycles. The van der Waals surface area contributed by atoms with Gasteiger partial charge in [-0.05, 0) is 13.3 Å². The summed E-state index contributed by atoms with van der Waals surface area (Å²) in [7, 11) is 0. The normalized spacial score (nSPS) is 23.5. The highest BCUT2D eigenvalue weighted by Gasteiger charge is 2.42. The molecule has 0 aromatic carbocycles. The van der Waals surface area contributed by atoms with Crippen molar-refractivity contribution in [2.75, 3.05) is 13.2 Å². The topological polar surface area (TPSA) is 61.6 Å². The van der Waals surface area contributed by atoms with Gasteiger partial charge in [0.1, 0.15) is 6.04 Å². The molecule has 3 unspecified atom stereocenters. The molecule has 1 aliphatic heterocycles. The zero-order chi connectivity index (χ0) is 12.1. The van der Waals surface area contributed by atoms with Crippen LogP contribution in [0.3, 0.4) is 0 Å². The predicted molar refractivity (Wildman–Crippen MR) is 73.7 cm³/mol. The zero-order valence-electron chi connectivity index (χ0n) is 10.1. The maximum Gasteiger partial charge on any atom is 0.243 e. The minimum atomic E-state index is -0.486. The fraction of sp³-hybridized carbons (Fsp3) is 0.700. The molecule has 100 valence electrons. The summed E-state index contributed by atoms with van der Waals surface area (Å²) in [6, 6.07) is -0.137. The van der Waals surface area contributed by atoms with Crippen molar-refractivity contribution in [2.24, 2.45) is 0 Å². The molecule has 0 aliphatic carbocycles. The fourth-order valence-corrected chi connectivity index (χ4v) is 1.76. The lowest BCUT2D eigenvalue weighted by Crippen LogP contribution is -2.28. The van der Waals surface area contributed by atoms with Crippen molar-refractivity contribution < 1.29 is 14.1 Å². The van der Waals surface area contributed by atoms with Crippen LogP contribution in [0.2, 0.25) is 0 Å². The number of nitrogens with one attached hydrogen (secondary N) is 1. The second kappa shape index (κ2) is 7.99. The summed E-state index contributed by atoms with van der Waals surface area (Å²) in [6.07, 6.45) is 0.254. The third kappa shape index (κ3) is 6.32. The van der Waals surface area contributed by atoms with E-state index in [9.17, 15) is 4.79 Å². The van der Waals surface area contributed by atoms with Gasteiger partial charge in [-0.25, -0.2) is 4.31 Å². The molecule has 5 nitrogen and oxygen atoms in total. The number of amides is 1. The van der Waals surface area contributed by atoms with E-state index in [1.54, 1.807) is 11.2 Å². The van der Waals surface area contributed by atoms with E-state index < -0.39 is 6.10 Å². The van der Waals surface area contributed by atoms with Crippen LogP contribution in [0.15, 0.2) is 12.3 Å². The highest BCUT2D eigenvalue weighted by atomic mass is 32.2. The quantitative estimate of drug-likeness (QED) is 0.410. The monoisotopic (exact) mass is 280 g/mol. The Morgan fingerprint density at radius 1 is 1.76 bits per heavy atom. The summed E-state index contributed by atoms with van der Waals surface area (Å²) in [5.41, 5.74) is 0.728. The highest BCUT2D eigenvalue weighted by Crippen LogP contribution is 2.28. The Morgan fingerprint density at radius 3 is 2.94 bits per heavy atom. The molecule has 0 aromatic heterocycles. The molecular formula is C10H20N2O3S2. The first kappa shape index (κ1) is 16.8. The average Bonchev–Trinajstić information content (AvgIpc) is 2.96. The number of carbonyl (C=O) groups is 1. The van der Waals surface area contributed by atoms with Gasteiger partial charge in [-0.2, -0.15) is 13.5 Å². The number of carbonyl (C=O) groups excluding carboxylic acids is 1. The molecule has 7 heteroatoms. The van der Waals surface area contributed by atoms with E-state index in [4.69, 9.17) is 9.29 Å². The lowest BCUT2D eigenvalue weighted by atomic mass is 10.3. The van der Waals surface area contributed by atoms with E-state index in [1.165, 1.54) is 0 Å². The van der Waals surface area contributed by atoms with Crippen LogP contribution in [-0.4, -0.2) is 40.6 Å². The molecule has 0 aromatic rings. The van der Waals surface area contributed by atoms with Crippen molar-refractivity contribution >= 4 is 31.6 Å². The van der Waals surface area contributed by atoms with E-state index in [2.05, 4.69) is 11.9 Å². The van der Waals surface area contributed by atoms with Gasteiger partial charge in [0.15, 0.2) is 0 Å². The van der Waals surface area contributed by atoms with Gasteiger partial charge in [-0.15, -0.1) is 0 Å². The van der Waals surface area contributed by atoms with Crippen LogP contribution in [0.1, 0.15) is 20.3 Å². The summed E-state index contributed by atoms with van der Waals surface area (Å²) < 4.78 is 6.93. The minimum Gasteiger partial charge on any atom is -0.391 e.